The van der Waals surface area contributed by atoms with E-state index in [1.165, 1.54) is 11.7 Å². The molecular weight excluding hydrogens is 250 g/mol. The van der Waals surface area contributed by atoms with Gasteiger partial charge in [-0.15, -0.1) is 0 Å². The van der Waals surface area contributed by atoms with Crippen LogP contribution in [0.2, 0.25) is 0 Å². The van der Waals surface area contributed by atoms with Crippen LogP contribution < -0.4 is 5.32 Å². The predicted octanol–water partition coefficient (Wildman–Crippen LogP) is 2.25. The zero-order valence-corrected chi connectivity index (χ0v) is 10.6. The quantitative estimate of drug-likeness (QED) is 0.776. The van der Waals surface area contributed by atoms with E-state index in [9.17, 15) is 0 Å². The van der Waals surface area contributed by atoms with Crippen LogP contribution in [0.4, 0.5) is 5.69 Å². The molecule has 18 heavy (non-hydrogen) atoms. The molecule has 0 unspecified atom stereocenters. The molecule has 0 fully saturated rings. The maximum absolute atomic E-state index is 5.10. The molecule has 1 aromatic carbocycles. The highest BCUT2D eigenvalue weighted by Crippen LogP contribution is 2.17. The highest BCUT2D eigenvalue weighted by Gasteiger charge is 2.05. The van der Waals surface area contributed by atoms with Crippen molar-refractivity contribution in [1.29, 1.82) is 0 Å². The number of hydrogen-bond donors (Lipinski definition) is 1. The van der Waals surface area contributed by atoms with Crippen LogP contribution in [-0.2, 0) is 13.0 Å². The molecule has 3 rings (SSSR count). The summed E-state index contributed by atoms with van der Waals surface area (Å²) in [5.74, 6) is 1.31. The standard InChI is InChI=1S/C11H11N5OS/c1-2-10-13-11(17-14-10)6-12-7-3-4-8-9(5-7)16-18-15-8/h3-5,12H,2,6H2,1H3. The molecule has 0 aliphatic heterocycles. The molecule has 2 heterocycles. The summed E-state index contributed by atoms with van der Waals surface area (Å²) in [5, 5.41) is 7.06. The second-order valence-electron chi connectivity index (χ2n) is 3.78. The first-order chi connectivity index (χ1) is 8.85. The highest BCUT2D eigenvalue weighted by molar-refractivity contribution is 7.00. The third kappa shape index (κ3) is 2.17. The number of hydrogen-bond acceptors (Lipinski definition) is 7. The topological polar surface area (TPSA) is 76.7 Å². The lowest BCUT2D eigenvalue weighted by atomic mass is 10.3. The largest absolute Gasteiger partial charge is 0.376 e. The first-order valence-corrected chi connectivity index (χ1v) is 6.36. The van der Waals surface area contributed by atoms with Crippen LogP contribution in [0.25, 0.3) is 11.0 Å². The van der Waals surface area contributed by atoms with Gasteiger partial charge in [0.25, 0.3) is 0 Å². The van der Waals surface area contributed by atoms with E-state index in [0.717, 1.165) is 29.0 Å². The second-order valence-corrected chi connectivity index (χ2v) is 4.31. The normalized spacial score (nSPS) is 10.9. The Morgan fingerprint density at radius 1 is 1.28 bits per heavy atom. The van der Waals surface area contributed by atoms with Crippen molar-refractivity contribution in [3.8, 4) is 0 Å². The van der Waals surface area contributed by atoms with Crippen molar-refractivity contribution in [2.75, 3.05) is 5.32 Å². The van der Waals surface area contributed by atoms with Gasteiger partial charge in [0.1, 0.15) is 11.0 Å². The van der Waals surface area contributed by atoms with Gasteiger partial charge in [-0.3, -0.25) is 0 Å². The van der Waals surface area contributed by atoms with Gasteiger partial charge in [-0.05, 0) is 18.2 Å². The summed E-state index contributed by atoms with van der Waals surface area (Å²) in [4.78, 5) is 4.23. The molecule has 0 saturated heterocycles. The molecular formula is C11H11N5OS. The lowest BCUT2D eigenvalue weighted by Crippen LogP contribution is -1.99. The van der Waals surface area contributed by atoms with Crippen molar-refractivity contribution in [1.82, 2.24) is 18.9 Å². The van der Waals surface area contributed by atoms with E-state index in [-0.39, 0.29) is 0 Å². The minimum Gasteiger partial charge on any atom is -0.376 e. The van der Waals surface area contributed by atoms with E-state index in [0.29, 0.717) is 12.4 Å². The summed E-state index contributed by atoms with van der Waals surface area (Å²) >= 11 is 1.21. The van der Waals surface area contributed by atoms with Gasteiger partial charge in [0.05, 0.1) is 18.3 Å². The van der Waals surface area contributed by atoms with E-state index in [2.05, 4.69) is 24.2 Å². The Hall–Kier alpha value is -2.02. The SMILES string of the molecule is CCc1noc(CNc2ccc3nsnc3c2)n1. The van der Waals surface area contributed by atoms with Crippen molar-refractivity contribution in [2.45, 2.75) is 19.9 Å². The van der Waals surface area contributed by atoms with Crippen LogP contribution in [0.5, 0.6) is 0 Å². The van der Waals surface area contributed by atoms with Gasteiger partial charge in [-0.2, -0.15) is 13.7 Å². The average molecular weight is 261 g/mol. The lowest BCUT2D eigenvalue weighted by molar-refractivity contribution is 0.378. The molecule has 0 amide bonds. The monoisotopic (exact) mass is 261 g/mol. The molecule has 3 aromatic rings. The summed E-state index contributed by atoms with van der Waals surface area (Å²) in [7, 11) is 0. The molecule has 0 atom stereocenters. The molecule has 2 aromatic heterocycles. The van der Waals surface area contributed by atoms with Crippen LogP contribution in [0.1, 0.15) is 18.6 Å². The molecule has 0 aliphatic rings. The molecule has 0 aliphatic carbocycles. The zero-order chi connectivity index (χ0) is 12.4. The molecule has 0 bridgehead atoms. The number of nitrogens with one attached hydrogen (secondary N) is 1. The molecule has 7 heteroatoms. The maximum atomic E-state index is 5.10. The smallest absolute Gasteiger partial charge is 0.245 e. The Bertz CT molecular complexity index is 662. The zero-order valence-electron chi connectivity index (χ0n) is 9.75. The van der Waals surface area contributed by atoms with Gasteiger partial charge in [0.2, 0.25) is 5.89 Å². The van der Waals surface area contributed by atoms with Crippen LogP contribution >= 0.6 is 11.7 Å². The van der Waals surface area contributed by atoms with Gasteiger partial charge in [0, 0.05) is 12.1 Å². The van der Waals surface area contributed by atoms with Gasteiger partial charge in [0.15, 0.2) is 5.82 Å². The number of fused-ring (bicyclic) bond motifs is 1. The fraction of sp³-hybridized carbons (Fsp3) is 0.273. The fourth-order valence-electron chi connectivity index (χ4n) is 1.58. The minimum absolute atomic E-state index is 0.510. The number of aromatic nitrogens is 4. The van der Waals surface area contributed by atoms with Crippen molar-refractivity contribution in [3.63, 3.8) is 0 Å². The molecule has 0 radical (unpaired) electrons. The lowest BCUT2D eigenvalue weighted by Gasteiger charge is -2.02. The van der Waals surface area contributed by atoms with Crippen LogP contribution in [0, 0.1) is 0 Å². The maximum Gasteiger partial charge on any atom is 0.245 e. The van der Waals surface area contributed by atoms with E-state index in [1.807, 2.05) is 25.1 Å². The van der Waals surface area contributed by atoms with Crippen molar-refractivity contribution < 1.29 is 4.52 Å². The second kappa shape index (κ2) is 4.69. The van der Waals surface area contributed by atoms with Gasteiger partial charge in [-0.1, -0.05) is 12.1 Å². The fourth-order valence-corrected chi connectivity index (χ4v) is 2.09. The van der Waals surface area contributed by atoms with Gasteiger partial charge < -0.3 is 9.84 Å². The van der Waals surface area contributed by atoms with Crippen LogP contribution in [0.15, 0.2) is 22.7 Å². The third-order valence-electron chi connectivity index (χ3n) is 2.52. The molecule has 0 spiro atoms. The Balaban J connectivity index is 1.72. The van der Waals surface area contributed by atoms with Crippen molar-refractivity contribution >= 4 is 28.4 Å². The summed E-state index contributed by atoms with van der Waals surface area (Å²) < 4.78 is 13.4. The van der Waals surface area contributed by atoms with E-state index < -0.39 is 0 Å². The average Bonchev–Trinajstić information content (AvgIpc) is 3.04. The van der Waals surface area contributed by atoms with Crippen LogP contribution in [-0.4, -0.2) is 18.9 Å². The molecule has 6 nitrogen and oxygen atoms in total. The molecule has 0 saturated carbocycles. The summed E-state index contributed by atoms with van der Waals surface area (Å²) in [6.45, 7) is 2.50. The third-order valence-corrected chi connectivity index (χ3v) is 3.08. The minimum atomic E-state index is 0.510. The highest BCUT2D eigenvalue weighted by atomic mass is 32.1. The number of benzene rings is 1. The van der Waals surface area contributed by atoms with E-state index >= 15 is 0 Å². The first-order valence-electron chi connectivity index (χ1n) is 5.63. The van der Waals surface area contributed by atoms with Crippen molar-refractivity contribution in [2.24, 2.45) is 0 Å². The number of rotatable bonds is 4. The Labute approximate surface area is 107 Å². The van der Waals surface area contributed by atoms with E-state index in [1.54, 1.807) is 0 Å². The van der Waals surface area contributed by atoms with Gasteiger partial charge >= 0.3 is 0 Å². The number of aryl methyl sites for hydroxylation is 1. The summed E-state index contributed by atoms with van der Waals surface area (Å²) in [6.07, 6.45) is 0.778. The molecule has 92 valence electrons. The van der Waals surface area contributed by atoms with Crippen LogP contribution in [0.3, 0.4) is 0 Å². The van der Waals surface area contributed by atoms with Gasteiger partial charge in [-0.25, -0.2) is 0 Å². The van der Waals surface area contributed by atoms with E-state index in [4.69, 9.17) is 4.52 Å². The summed E-state index contributed by atoms with van der Waals surface area (Å²) in [6, 6.07) is 5.85. The Morgan fingerprint density at radius 3 is 3.00 bits per heavy atom. The predicted molar refractivity (Wildman–Crippen MR) is 68.4 cm³/mol. The Morgan fingerprint density at radius 2 is 2.17 bits per heavy atom. The molecule has 1 N–H and O–H groups in total. The Kier molecular flexibility index (Phi) is 2.89. The summed E-state index contributed by atoms with van der Waals surface area (Å²) in [5.41, 5.74) is 2.77. The number of nitrogens with zero attached hydrogens (tertiary/aromatic N) is 4. The van der Waals surface area contributed by atoms with Crippen molar-refractivity contribution in [3.05, 3.63) is 29.9 Å². The first kappa shape index (κ1) is 11.1. The number of anilines is 1.